The third-order valence-electron chi connectivity index (χ3n) is 3.34. The van der Waals surface area contributed by atoms with Crippen molar-refractivity contribution in [3.05, 3.63) is 65.4 Å². The number of aldehydes is 1. The Balaban J connectivity index is 2.03. The molecule has 3 N–H and O–H groups in total. The highest BCUT2D eigenvalue weighted by molar-refractivity contribution is 5.96. The van der Waals surface area contributed by atoms with Crippen molar-refractivity contribution in [2.24, 2.45) is 5.73 Å². The van der Waals surface area contributed by atoms with Crippen LogP contribution >= 0.6 is 0 Å². The monoisotopic (exact) mass is 343 g/mol. The summed E-state index contributed by atoms with van der Waals surface area (Å²) in [6.07, 6.45) is 0.673. The molecule has 1 aromatic heterocycles. The second-order valence-corrected chi connectivity index (χ2v) is 5.02. The van der Waals surface area contributed by atoms with Gasteiger partial charge in [-0.3, -0.25) is 9.59 Å². The molecule has 0 radical (unpaired) electrons. The maximum absolute atomic E-state index is 13.9. The van der Waals surface area contributed by atoms with Gasteiger partial charge in [0.1, 0.15) is 23.5 Å². The second kappa shape index (κ2) is 6.52. The predicted octanol–water partition coefficient (Wildman–Crippen LogP) is 3.27. The number of halogens is 2. The van der Waals surface area contributed by atoms with Crippen molar-refractivity contribution in [2.75, 3.05) is 5.32 Å². The Labute approximate surface area is 140 Å². The van der Waals surface area contributed by atoms with Gasteiger partial charge in [0.05, 0.1) is 0 Å². The Kier molecular flexibility index (Phi) is 4.25. The largest absolute Gasteiger partial charge is 0.419 e. The third kappa shape index (κ3) is 3.23. The molecule has 0 fully saturated rings. The molecule has 25 heavy (non-hydrogen) atoms. The summed E-state index contributed by atoms with van der Waals surface area (Å²) >= 11 is 0. The number of nitrogens with two attached hydrogens (primary N) is 1. The Hall–Kier alpha value is -3.55. The number of hydrogen-bond donors (Lipinski definition) is 2. The molecule has 0 unspecified atom stereocenters. The van der Waals surface area contributed by atoms with Gasteiger partial charge in [-0.1, -0.05) is 6.07 Å². The summed E-state index contributed by atoms with van der Waals surface area (Å²) in [4.78, 5) is 26.0. The Bertz CT molecular complexity index is 932. The average molecular weight is 343 g/mol. The van der Waals surface area contributed by atoms with Gasteiger partial charge in [-0.15, -0.1) is 0 Å². The van der Waals surface area contributed by atoms with Crippen LogP contribution in [0, 0.1) is 11.6 Å². The molecule has 1 heterocycles. The lowest BCUT2D eigenvalue weighted by atomic mass is 10.2. The van der Waals surface area contributed by atoms with Crippen LogP contribution in [0.2, 0.25) is 0 Å². The molecule has 1 amide bonds. The molecule has 8 heteroatoms. The van der Waals surface area contributed by atoms with Crippen LogP contribution in [-0.4, -0.2) is 17.2 Å². The van der Waals surface area contributed by atoms with Crippen molar-refractivity contribution in [1.29, 1.82) is 0 Å². The third-order valence-corrected chi connectivity index (χ3v) is 3.34. The number of nitrogens with one attached hydrogen (secondary N) is 1. The first-order chi connectivity index (χ1) is 12.0. The highest BCUT2D eigenvalue weighted by Gasteiger charge is 2.23. The highest BCUT2D eigenvalue weighted by atomic mass is 19.1. The average Bonchev–Trinajstić information content (AvgIpc) is 2.99. The van der Waals surface area contributed by atoms with Crippen molar-refractivity contribution in [2.45, 2.75) is 0 Å². The van der Waals surface area contributed by atoms with Gasteiger partial charge >= 0.3 is 0 Å². The van der Waals surface area contributed by atoms with Crippen LogP contribution in [0.3, 0.4) is 0 Å². The molecule has 0 saturated heterocycles. The van der Waals surface area contributed by atoms with E-state index in [1.165, 1.54) is 18.2 Å². The number of rotatable bonds is 5. The lowest BCUT2D eigenvalue weighted by Crippen LogP contribution is -2.13. The van der Waals surface area contributed by atoms with Gasteiger partial charge in [-0.2, -0.15) is 0 Å². The molecular weight excluding hydrogens is 332 g/mol. The van der Waals surface area contributed by atoms with E-state index in [1.807, 2.05) is 0 Å². The molecule has 3 aromatic rings. The molecule has 126 valence electrons. The fourth-order valence-corrected chi connectivity index (χ4v) is 2.16. The van der Waals surface area contributed by atoms with Gasteiger partial charge in [-0.25, -0.2) is 13.8 Å². The smallest absolute Gasteiger partial charge is 0.273 e. The van der Waals surface area contributed by atoms with E-state index in [0.717, 1.165) is 12.1 Å². The molecule has 0 atom stereocenters. The Morgan fingerprint density at radius 1 is 1.12 bits per heavy atom. The SMILES string of the molecule is NC(=O)c1nc(-c2c(F)cccc2F)oc1Nc1ccc(C=O)cc1. The first-order valence-electron chi connectivity index (χ1n) is 7.07. The van der Waals surface area contributed by atoms with E-state index in [-0.39, 0.29) is 11.6 Å². The number of amides is 1. The maximum Gasteiger partial charge on any atom is 0.273 e. The van der Waals surface area contributed by atoms with Gasteiger partial charge in [-0.05, 0) is 36.4 Å². The zero-order valence-corrected chi connectivity index (χ0v) is 12.6. The van der Waals surface area contributed by atoms with Crippen LogP contribution in [-0.2, 0) is 0 Å². The minimum absolute atomic E-state index is 0.163. The summed E-state index contributed by atoms with van der Waals surface area (Å²) in [5.41, 5.74) is 5.35. The quantitative estimate of drug-likeness (QED) is 0.693. The Morgan fingerprint density at radius 3 is 2.32 bits per heavy atom. The van der Waals surface area contributed by atoms with Crippen LogP contribution in [0.5, 0.6) is 0 Å². The number of aromatic nitrogens is 1. The summed E-state index contributed by atoms with van der Waals surface area (Å²) in [6, 6.07) is 9.45. The minimum atomic E-state index is -0.932. The summed E-state index contributed by atoms with van der Waals surface area (Å²) in [5, 5.41) is 2.74. The van der Waals surface area contributed by atoms with Gasteiger partial charge in [0, 0.05) is 11.3 Å². The topological polar surface area (TPSA) is 98.2 Å². The van der Waals surface area contributed by atoms with E-state index in [9.17, 15) is 18.4 Å². The first-order valence-corrected chi connectivity index (χ1v) is 7.07. The predicted molar refractivity (Wildman–Crippen MR) is 85.5 cm³/mol. The zero-order valence-electron chi connectivity index (χ0n) is 12.6. The van der Waals surface area contributed by atoms with Crippen molar-refractivity contribution < 1.29 is 22.8 Å². The van der Waals surface area contributed by atoms with Crippen molar-refractivity contribution >= 4 is 23.8 Å². The fraction of sp³-hybridized carbons (Fsp3) is 0. The van der Waals surface area contributed by atoms with Crippen LogP contribution < -0.4 is 11.1 Å². The number of primary amides is 1. The van der Waals surface area contributed by atoms with E-state index in [1.54, 1.807) is 12.1 Å². The number of carbonyl (C=O) groups is 2. The van der Waals surface area contributed by atoms with Crippen LogP contribution in [0.1, 0.15) is 20.8 Å². The molecule has 3 rings (SSSR count). The molecule has 0 saturated carbocycles. The molecule has 2 aromatic carbocycles. The summed E-state index contributed by atoms with van der Waals surface area (Å²) in [7, 11) is 0. The fourth-order valence-electron chi connectivity index (χ4n) is 2.16. The number of oxazole rings is 1. The van der Waals surface area contributed by atoms with E-state index < -0.39 is 29.0 Å². The van der Waals surface area contributed by atoms with Gasteiger partial charge in [0.2, 0.25) is 11.8 Å². The number of nitrogens with zero attached hydrogens (tertiary/aromatic N) is 1. The van der Waals surface area contributed by atoms with Crippen LogP contribution in [0.25, 0.3) is 11.5 Å². The lowest BCUT2D eigenvalue weighted by molar-refractivity contribution is 0.0996. The maximum atomic E-state index is 13.9. The molecule has 0 aliphatic heterocycles. The number of carbonyl (C=O) groups excluding carboxylic acids is 2. The molecule has 0 aliphatic carbocycles. The van der Waals surface area contributed by atoms with Crippen LogP contribution in [0.4, 0.5) is 20.4 Å². The standard InChI is InChI=1S/C17H11F2N3O3/c18-11-2-1-3-12(19)13(11)16-22-14(15(20)24)17(25-16)21-10-6-4-9(8-23)5-7-10/h1-8,21H,(H2,20,24). The number of anilines is 2. The summed E-state index contributed by atoms with van der Waals surface area (Å²) in [5.74, 6) is -3.29. The normalized spacial score (nSPS) is 10.5. The van der Waals surface area contributed by atoms with E-state index in [0.29, 0.717) is 17.5 Å². The Morgan fingerprint density at radius 2 is 1.76 bits per heavy atom. The van der Waals surface area contributed by atoms with Crippen molar-refractivity contribution in [3.8, 4) is 11.5 Å². The lowest BCUT2D eigenvalue weighted by Gasteiger charge is -2.04. The summed E-state index contributed by atoms with van der Waals surface area (Å²) in [6.45, 7) is 0. The van der Waals surface area contributed by atoms with E-state index >= 15 is 0 Å². The highest BCUT2D eigenvalue weighted by Crippen LogP contribution is 2.31. The number of benzene rings is 2. The van der Waals surface area contributed by atoms with E-state index in [2.05, 4.69) is 10.3 Å². The van der Waals surface area contributed by atoms with Crippen LogP contribution in [0.15, 0.2) is 46.9 Å². The molecule has 0 aliphatic rings. The molecule has 0 bridgehead atoms. The summed E-state index contributed by atoms with van der Waals surface area (Å²) < 4.78 is 33.1. The molecule has 6 nitrogen and oxygen atoms in total. The van der Waals surface area contributed by atoms with Gasteiger partial charge in [0.25, 0.3) is 5.91 Å². The van der Waals surface area contributed by atoms with Crippen molar-refractivity contribution in [1.82, 2.24) is 4.98 Å². The molecule has 0 spiro atoms. The van der Waals surface area contributed by atoms with Gasteiger partial charge < -0.3 is 15.5 Å². The zero-order chi connectivity index (χ0) is 18.0. The van der Waals surface area contributed by atoms with Crippen molar-refractivity contribution in [3.63, 3.8) is 0 Å². The second-order valence-electron chi connectivity index (χ2n) is 5.02. The first kappa shape index (κ1) is 16.3. The molecular formula is C17H11F2N3O3. The van der Waals surface area contributed by atoms with E-state index in [4.69, 9.17) is 10.2 Å². The number of hydrogen-bond acceptors (Lipinski definition) is 5. The minimum Gasteiger partial charge on any atom is -0.419 e. The van der Waals surface area contributed by atoms with Gasteiger partial charge in [0.15, 0.2) is 5.69 Å².